The van der Waals surface area contributed by atoms with Crippen LogP contribution < -0.4 is 10.6 Å². The Kier molecular flexibility index (Phi) is 6.89. The van der Waals surface area contributed by atoms with Gasteiger partial charge in [-0.15, -0.1) is 17.7 Å². The number of halogens is 2. The Bertz CT molecular complexity index is 1440. The van der Waals surface area contributed by atoms with Crippen molar-refractivity contribution in [3.63, 3.8) is 0 Å². The van der Waals surface area contributed by atoms with Gasteiger partial charge in [0.05, 0.1) is 10.7 Å². The summed E-state index contributed by atoms with van der Waals surface area (Å²) in [7, 11) is 0. The Morgan fingerprint density at radius 1 is 1.00 bits per heavy atom. The fourth-order valence-electron chi connectivity index (χ4n) is 3.12. The van der Waals surface area contributed by atoms with E-state index >= 15 is 0 Å². The third kappa shape index (κ3) is 5.37. The van der Waals surface area contributed by atoms with Gasteiger partial charge in [0.15, 0.2) is 5.82 Å². The van der Waals surface area contributed by atoms with Gasteiger partial charge < -0.3 is 10.6 Å². The van der Waals surface area contributed by atoms with Gasteiger partial charge in [-0.1, -0.05) is 23.8 Å². The second-order valence-electron chi connectivity index (χ2n) is 7.44. The van der Waals surface area contributed by atoms with Crippen molar-refractivity contribution in [3.05, 3.63) is 101 Å². The monoisotopic (exact) mass is 488 g/mol. The minimum atomic E-state index is -0.886. The van der Waals surface area contributed by atoms with Crippen molar-refractivity contribution in [2.75, 3.05) is 10.6 Å². The molecular formula is C25H18F2N6OS. The molecule has 0 saturated heterocycles. The summed E-state index contributed by atoms with van der Waals surface area (Å²) in [5, 5.41) is 18.5. The number of aromatic nitrogens is 3. The molecule has 3 aromatic carbocycles. The molecule has 0 aliphatic carbocycles. The summed E-state index contributed by atoms with van der Waals surface area (Å²) in [6, 6.07) is 19.5. The Morgan fingerprint density at radius 3 is 2.29 bits per heavy atom. The molecule has 0 spiro atoms. The Balaban J connectivity index is 1.48. The number of nitrogens with one attached hydrogen (secondary N) is 2. The lowest BCUT2D eigenvalue weighted by Gasteiger charge is -2.11. The normalized spacial score (nSPS) is 11.4. The van der Waals surface area contributed by atoms with Crippen LogP contribution in [0.1, 0.15) is 5.56 Å². The number of nitrogens with zero attached hydrogens (tertiary/aromatic N) is 4. The zero-order valence-corrected chi connectivity index (χ0v) is 19.2. The van der Waals surface area contributed by atoms with E-state index in [1.54, 1.807) is 41.3 Å². The summed E-state index contributed by atoms with van der Waals surface area (Å²) < 4.78 is 29.4. The highest BCUT2D eigenvalue weighted by molar-refractivity contribution is 7.84. The van der Waals surface area contributed by atoms with Gasteiger partial charge in [-0.3, -0.25) is 4.79 Å². The molecule has 0 fully saturated rings. The largest absolute Gasteiger partial charge is 0.344 e. The average molecular weight is 489 g/mol. The standard InChI is InChI=1S/C25H18F2N6OS/c1-15-5-11-18(12-6-15)33-14-29-23(32-33)16-7-9-17(10-8-16)30-24(34)19(13-28)25(35)31-22-20(26)3-2-4-21(22)27/h2-12,14,31,35H,1H3,(H,30,34)/b25-19-. The lowest BCUT2D eigenvalue weighted by atomic mass is 10.2. The number of aryl methyl sites for hydroxylation is 1. The molecule has 4 aromatic rings. The summed E-state index contributed by atoms with van der Waals surface area (Å²) in [5.41, 5.74) is 2.17. The van der Waals surface area contributed by atoms with E-state index in [1.807, 2.05) is 31.2 Å². The molecule has 2 N–H and O–H groups in total. The van der Waals surface area contributed by atoms with Gasteiger partial charge in [-0.05, 0) is 55.5 Å². The average Bonchev–Trinajstić information content (AvgIpc) is 3.33. The smallest absolute Gasteiger partial charge is 0.269 e. The van der Waals surface area contributed by atoms with Crippen molar-refractivity contribution in [3.8, 4) is 23.1 Å². The number of anilines is 2. The van der Waals surface area contributed by atoms with Crippen molar-refractivity contribution in [1.82, 2.24) is 14.8 Å². The first-order valence-electron chi connectivity index (χ1n) is 10.3. The van der Waals surface area contributed by atoms with Crippen molar-refractivity contribution >= 4 is 29.9 Å². The number of rotatable bonds is 6. The van der Waals surface area contributed by atoms with Crippen LogP contribution in [0.2, 0.25) is 0 Å². The first-order valence-corrected chi connectivity index (χ1v) is 10.8. The first-order chi connectivity index (χ1) is 16.9. The number of carbonyl (C=O) groups is 1. The highest BCUT2D eigenvalue weighted by Gasteiger charge is 2.17. The molecule has 10 heteroatoms. The van der Waals surface area contributed by atoms with Crippen molar-refractivity contribution in [1.29, 1.82) is 5.26 Å². The van der Waals surface area contributed by atoms with E-state index < -0.39 is 28.8 Å². The van der Waals surface area contributed by atoms with Gasteiger partial charge in [0.2, 0.25) is 0 Å². The number of nitriles is 1. The number of benzene rings is 3. The van der Waals surface area contributed by atoms with Gasteiger partial charge >= 0.3 is 0 Å². The van der Waals surface area contributed by atoms with E-state index in [2.05, 4.69) is 33.3 Å². The Morgan fingerprint density at radius 2 is 1.66 bits per heavy atom. The molecule has 7 nitrogen and oxygen atoms in total. The fraction of sp³-hybridized carbons (Fsp3) is 0.0400. The van der Waals surface area contributed by atoms with Crippen LogP contribution in [-0.2, 0) is 4.79 Å². The minimum absolute atomic E-state index is 0.295. The predicted octanol–water partition coefficient (Wildman–Crippen LogP) is 5.24. The molecular weight excluding hydrogens is 470 g/mol. The van der Waals surface area contributed by atoms with Gasteiger partial charge in [-0.2, -0.15) is 5.26 Å². The molecule has 0 radical (unpaired) electrons. The fourth-order valence-corrected chi connectivity index (χ4v) is 3.39. The van der Waals surface area contributed by atoms with Crippen molar-refractivity contribution < 1.29 is 13.6 Å². The molecule has 1 amide bonds. The molecule has 1 heterocycles. The summed E-state index contributed by atoms with van der Waals surface area (Å²) in [6.07, 6.45) is 1.61. The van der Waals surface area contributed by atoms with Crippen LogP contribution in [0.25, 0.3) is 17.1 Å². The highest BCUT2D eigenvalue weighted by Crippen LogP contribution is 2.23. The Hall–Kier alpha value is -4.49. The molecule has 174 valence electrons. The number of hydrogen-bond donors (Lipinski definition) is 3. The SMILES string of the molecule is Cc1ccc(-n2cnc(-c3ccc(NC(=O)/C(C#N)=C(\S)Nc4c(F)cccc4F)cc3)n2)cc1. The zero-order chi connectivity index (χ0) is 24.9. The summed E-state index contributed by atoms with van der Waals surface area (Å²) in [6.45, 7) is 2.00. The van der Waals surface area contributed by atoms with E-state index in [9.17, 15) is 18.8 Å². The second kappa shape index (κ2) is 10.2. The molecule has 0 unspecified atom stereocenters. The molecule has 35 heavy (non-hydrogen) atoms. The maximum Gasteiger partial charge on any atom is 0.269 e. The molecule has 1 aromatic heterocycles. The van der Waals surface area contributed by atoms with E-state index in [1.165, 1.54) is 6.07 Å². The first kappa shape index (κ1) is 23.7. The number of thiol groups is 1. The molecule has 0 aliphatic heterocycles. The number of amides is 1. The van der Waals surface area contributed by atoms with Crippen LogP contribution in [0, 0.1) is 29.9 Å². The number of para-hydroxylation sites is 1. The topological polar surface area (TPSA) is 95.6 Å². The summed E-state index contributed by atoms with van der Waals surface area (Å²) in [5.74, 6) is -2.07. The molecule has 0 saturated carbocycles. The lowest BCUT2D eigenvalue weighted by molar-refractivity contribution is -0.112. The van der Waals surface area contributed by atoms with Crippen LogP contribution in [0.15, 0.2) is 83.7 Å². The lowest BCUT2D eigenvalue weighted by Crippen LogP contribution is -2.16. The van der Waals surface area contributed by atoms with E-state index in [4.69, 9.17) is 0 Å². The van der Waals surface area contributed by atoms with Crippen LogP contribution >= 0.6 is 12.6 Å². The minimum Gasteiger partial charge on any atom is -0.344 e. The Labute approximate surface area is 205 Å². The maximum absolute atomic E-state index is 13.9. The maximum atomic E-state index is 13.9. The van der Waals surface area contributed by atoms with Gasteiger partial charge in [0.1, 0.15) is 35.3 Å². The molecule has 4 rings (SSSR count). The summed E-state index contributed by atoms with van der Waals surface area (Å²) in [4.78, 5) is 16.9. The van der Waals surface area contributed by atoms with Crippen molar-refractivity contribution in [2.45, 2.75) is 6.92 Å². The second-order valence-corrected chi connectivity index (χ2v) is 7.88. The third-order valence-corrected chi connectivity index (χ3v) is 5.31. The van der Waals surface area contributed by atoms with Crippen LogP contribution in [0.3, 0.4) is 0 Å². The molecule has 0 bridgehead atoms. The van der Waals surface area contributed by atoms with E-state index in [-0.39, 0.29) is 5.03 Å². The van der Waals surface area contributed by atoms with Gasteiger partial charge in [-0.25, -0.2) is 18.4 Å². The third-order valence-electron chi connectivity index (χ3n) is 4.97. The van der Waals surface area contributed by atoms with Crippen molar-refractivity contribution in [2.24, 2.45) is 0 Å². The number of hydrogen-bond acceptors (Lipinski definition) is 6. The van der Waals surface area contributed by atoms with Crippen LogP contribution in [0.5, 0.6) is 0 Å². The van der Waals surface area contributed by atoms with Crippen LogP contribution in [0.4, 0.5) is 20.2 Å². The molecule has 0 atom stereocenters. The summed E-state index contributed by atoms with van der Waals surface area (Å²) >= 11 is 4.05. The highest BCUT2D eigenvalue weighted by atomic mass is 32.1. The van der Waals surface area contributed by atoms with Gasteiger partial charge in [0.25, 0.3) is 5.91 Å². The quantitative estimate of drug-likeness (QED) is 0.196. The predicted molar refractivity (Wildman–Crippen MR) is 132 cm³/mol. The zero-order valence-electron chi connectivity index (χ0n) is 18.3. The van der Waals surface area contributed by atoms with Crippen LogP contribution in [-0.4, -0.2) is 20.7 Å². The molecule has 0 aliphatic rings. The number of carbonyl (C=O) groups excluding carboxylic acids is 1. The van der Waals surface area contributed by atoms with Gasteiger partial charge in [0, 0.05) is 11.3 Å². The van der Waals surface area contributed by atoms with E-state index in [0.29, 0.717) is 11.5 Å². The van der Waals surface area contributed by atoms with E-state index in [0.717, 1.165) is 28.9 Å².